The van der Waals surface area contributed by atoms with Gasteiger partial charge in [0.25, 0.3) is 5.56 Å². The summed E-state index contributed by atoms with van der Waals surface area (Å²) in [5.74, 6) is 0.577. The molecule has 4 aromatic rings. The van der Waals surface area contributed by atoms with Crippen LogP contribution < -0.4 is 10.9 Å². The van der Waals surface area contributed by atoms with Crippen LogP contribution in [0, 0.1) is 0 Å². The Bertz CT molecular complexity index is 1200. The zero-order valence-electron chi connectivity index (χ0n) is 15.2. The number of aromatic nitrogens is 6. The molecular weight excluding hydrogens is 354 g/mol. The standard InChI is InChI=1S/C20H19N7O/c28-18-16-13-23-27-17(15-5-2-1-3-6-15)7-11-26(19(16)27)20(24-18)22-8-4-10-25-12-9-21-14-25/h1-3,5-7,9,12-14H,4,8,10-11H2,(H,22,24,28). The first-order valence-corrected chi connectivity index (χ1v) is 9.25. The molecule has 5 rings (SSSR count). The maximum absolute atomic E-state index is 12.5. The van der Waals surface area contributed by atoms with E-state index in [1.54, 1.807) is 18.7 Å². The van der Waals surface area contributed by atoms with Gasteiger partial charge < -0.3 is 9.88 Å². The van der Waals surface area contributed by atoms with E-state index in [9.17, 15) is 4.79 Å². The highest BCUT2D eigenvalue weighted by Crippen LogP contribution is 2.26. The van der Waals surface area contributed by atoms with E-state index in [1.807, 2.05) is 50.3 Å². The van der Waals surface area contributed by atoms with Crippen LogP contribution in [0.4, 0.5) is 5.95 Å². The minimum atomic E-state index is -0.260. The van der Waals surface area contributed by atoms with E-state index in [0.717, 1.165) is 29.9 Å². The van der Waals surface area contributed by atoms with Crippen LogP contribution in [0.2, 0.25) is 0 Å². The normalized spacial score (nSPS) is 12.9. The Morgan fingerprint density at radius 1 is 1.18 bits per heavy atom. The molecule has 8 nitrogen and oxygen atoms in total. The van der Waals surface area contributed by atoms with Crippen molar-refractivity contribution >= 4 is 22.7 Å². The summed E-state index contributed by atoms with van der Waals surface area (Å²) in [6, 6.07) is 10.1. The first kappa shape index (κ1) is 16.5. The smallest absolute Gasteiger partial charge is 0.285 e. The van der Waals surface area contributed by atoms with Crippen molar-refractivity contribution in [1.82, 2.24) is 28.9 Å². The van der Waals surface area contributed by atoms with Gasteiger partial charge >= 0.3 is 0 Å². The first-order chi connectivity index (χ1) is 13.8. The minimum Gasteiger partial charge on any atom is -0.355 e. The van der Waals surface area contributed by atoms with Crippen LogP contribution in [0.5, 0.6) is 0 Å². The number of allylic oxidation sites excluding steroid dienone is 1. The second kappa shape index (κ2) is 6.80. The fraction of sp³-hybridized carbons (Fsp3) is 0.200. The molecule has 0 radical (unpaired) electrons. The van der Waals surface area contributed by atoms with Gasteiger partial charge in [-0.3, -0.25) is 9.36 Å². The highest BCUT2D eigenvalue weighted by atomic mass is 16.1. The molecule has 0 spiro atoms. The summed E-state index contributed by atoms with van der Waals surface area (Å²) < 4.78 is 5.86. The number of nitrogens with zero attached hydrogens (tertiary/aromatic N) is 6. The lowest BCUT2D eigenvalue weighted by Crippen LogP contribution is -2.23. The second-order valence-electron chi connectivity index (χ2n) is 6.68. The molecule has 0 saturated heterocycles. The van der Waals surface area contributed by atoms with Gasteiger partial charge in [-0.1, -0.05) is 30.3 Å². The largest absolute Gasteiger partial charge is 0.355 e. The maximum atomic E-state index is 12.5. The van der Waals surface area contributed by atoms with Gasteiger partial charge in [0.1, 0.15) is 5.39 Å². The van der Waals surface area contributed by atoms with Crippen molar-refractivity contribution < 1.29 is 0 Å². The average Bonchev–Trinajstić information content (AvgIpc) is 3.40. The Morgan fingerprint density at radius 2 is 2.07 bits per heavy atom. The highest BCUT2D eigenvalue weighted by molar-refractivity contribution is 5.83. The molecule has 1 N–H and O–H groups in total. The lowest BCUT2D eigenvalue weighted by Gasteiger charge is -2.21. The summed E-state index contributed by atoms with van der Waals surface area (Å²) in [7, 11) is 0. The first-order valence-electron chi connectivity index (χ1n) is 9.25. The van der Waals surface area contributed by atoms with Gasteiger partial charge in [-0.05, 0) is 18.1 Å². The van der Waals surface area contributed by atoms with E-state index in [0.29, 0.717) is 24.4 Å². The second-order valence-corrected chi connectivity index (χ2v) is 6.68. The van der Waals surface area contributed by atoms with Gasteiger partial charge in [0.05, 0.1) is 18.2 Å². The summed E-state index contributed by atoms with van der Waals surface area (Å²) in [5.41, 5.74) is 2.56. The van der Waals surface area contributed by atoms with Crippen LogP contribution in [-0.2, 0) is 13.1 Å². The number of rotatable bonds is 6. The summed E-state index contributed by atoms with van der Waals surface area (Å²) >= 11 is 0. The number of nitrogens with one attached hydrogen (secondary N) is 1. The molecule has 4 heterocycles. The Labute approximate surface area is 160 Å². The summed E-state index contributed by atoms with van der Waals surface area (Å²) in [5, 5.41) is 8.31. The molecule has 3 aromatic heterocycles. The van der Waals surface area contributed by atoms with Crippen LogP contribution in [0.15, 0.2) is 66.1 Å². The monoisotopic (exact) mass is 373 g/mol. The van der Waals surface area contributed by atoms with Crippen molar-refractivity contribution in [3.05, 3.63) is 77.2 Å². The number of imidazole rings is 1. The third kappa shape index (κ3) is 2.79. The van der Waals surface area contributed by atoms with Gasteiger partial charge in [-0.25, -0.2) is 9.67 Å². The fourth-order valence-electron chi connectivity index (χ4n) is 3.55. The van der Waals surface area contributed by atoms with Crippen molar-refractivity contribution in [2.24, 2.45) is 0 Å². The van der Waals surface area contributed by atoms with Crippen LogP contribution >= 0.6 is 0 Å². The molecule has 1 aliphatic rings. The molecule has 140 valence electrons. The van der Waals surface area contributed by atoms with Gasteiger partial charge in [0.2, 0.25) is 5.95 Å². The van der Waals surface area contributed by atoms with Crippen molar-refractivity contribution in [3.63, 3.8) is 0 Å². The predicted molar refractivity (Wildman–Crippen MR) is 107 cm³/mol. The minimum absolute atomic E-state index is 0.260. The number of hydrogen-bond donors (Lipinski definition) is 1. The van der Waals surface area contributed by atoms with Crippen molar-refractivity contribution in [2.75, 3.05) is 11.9 Å². The van der Waals surface area contributed by atoms with E-state index in [-0.39, 0.29) is 5.56 Å². The number of hydrogen-bond acceptors (Lipinski definition) is 5. The van der Waals surface area contributed by atoms with Crippen LogP contribution in [0.1, 0.15) is 12.0 Å². The topological polar surface area (TPSA) is 82.6 Å². The third-order valence-electron chi connectivity index (χ3n) is 4.89. The van der Waals surface area contributed by atoms with E-state index >= 15 is 0 Å². The van der Waals surface area contributed by atoms with E-state index in [4.69, 9.17) is 0 Å². The molecule has 1 aliphatic heterocycles. The van der Waals surface area contributed by atoms with Gasteiger partial charge in [0, 0.05) is 32.0 Å². The highest BCUT2D eigenvalue weighted by Gasteiger charge is 2.21. The Balaban J connectivity index is 1.45. The number of aryl methyl sites for hydroxylation is 1. The summed E-state index contributed by atoms with van der Waals surface area (Å²) in [6.07, 6.45) is 10.1. The molecule has 0 aliphatic carbocycles. The Hall–Kier alpha value is -3.68. The number of anilines is 1. The third-order valence-corrected chi connectivity index (χ3v) is 4.89. The fourth-order valence-corrected chi connectivity index (χ4v) is 3.55. The van der Waals surface area contributed by atoms with E-state index < -0.39 is 0 Å². The zero-order chi connectivity index (χ0) is 18.9. The predicted octanol–water partition coefficient (Wildman–Crippen LogP) is 2.19. The molecule has 1 aromatic carbocycles. The molecule has 0 saturated carbocycles. The molecule has 0 unspecified atom stereocenters. The molecule has 8 heteroatoms. The zero-order valence-corrected chi connectivity index (χ0v) is 15.2. The Morgan fingerprint density at radius 3 is 2.89 bits per heavy atom. The van der Waals surface area contributed by atoms with Crippen molar-refractivity contribution in [3.8, 4) is 0 Å². The van der Waals surface area contributed by atoms with Gasteiger partial charge in [-0.2, -0.15) is 10.1 Å². The maximum Gasteiger partial charge on any atom is 0.285 e. The molecule has 0 fully saturated rings. The van der Waals surface area contributed by atoms with Gasteiger partial charge in [-0.15, -0.1) is 0 Å². The molecule has 0 bridgehead atoms. The summed E-state index contributed by atoms with van der Waals surface area (Å²) in [4.78, 5) is 20.8. The Kier molecular flexibility index (Phi) is 4.01. The van der Waals surface area contributed by atoms with E-state index in [1.165, 1.54) is 0 Å². The number of benzene rings is 1. The van der Waals surface area contributed by atoms with E-state index in [2.05, 4.69) is 26.5 Å². The van der Waals surface area contributed by atoms with Crippen LogP contribution in [0.3, 0.4) is 0 Å². The summed E-state index contributed by atoms with van der Waals surface area (Å²) in [6.45, 7) is 2.19. The molecule has 0 atom stereocenters. The lowest BCUT2D eigenvalue weighted by atomic mass is 10.1. The molecular formula is C20H19N7O. The van der Waals surface area contributed by atoms with Crippen molar-refractivity contribution in [1.29, 1.82) is 0 Å². The van der Waals surface area contributed by atoms with Crippen molar-refractivity contribution in [2.45, 2.75) is 19.5 Å². The van der Waals surface area contributed by atoms with Gasteiger partial charge in [0.15, 0.2) is 5.65 Å². The van der Waals surface area contributed by atoms with Crippen LogP contribution in [0.25, 0.3) is 16.7 Å². The average molecular weight is 373 g/mol. The molecule has 28 heavy (non-hydrogen) atoms. The lowest BCUT2D eigenvalue weighted by molar-refractivity contribution is 0.654. The molecule has 0 amide bonds. The SMILES string of the molecule is O=c1nc(NCCCn2ccnc2)n2c3c1cnn3C(c1ccccc1)=CC2. The van der Waals surface area contributed by atoms with Crippen LogP contribution in [-0.4, -0.2) is 35.4 Å². The quantitative estimate of drug-likeness (QED) is 0.524.